The lowest BCUT2D eigenvalue weighted by Gasteiger charge is -2.46. The Morgan fingerprint density at radius 1 is 1.32 bits per heavy atom. The highest BCUT2D eigenvalue weighted by Gasteiger charge is 2.44. The van der Waals surface area contributed by atoms with Gasteiger partial charge in [-0.1, -0.05) is 18.0 Å². The number of thioether (sulfide) groups is 1. The highest BCUT2D eigenvalue weighted by Crippen LogP contribution is 2.39. The van der Waals surface area contributed by atoms with Crippen molar-refractivity contribution in [2.24, 2.45) is 0 Å². The van der Waals surface area contributed by atoms with Crippen LogP contribution in [0.1, 0.15) is 56.5 Å². The van der Waals surface area contributed by atoms with Crippen molar-refractivity contribution in [3.8, 4) is 0 Å². The second kappa shape index (κ2) is 5.91. The number of aromatic nitrogens is 1. The number of hydrogen-bond donors (Lipinski definition) is 0. The lowest BCUT2D eigenvalue weighted by Crippen LogP contribution is -2.56. The van der Waals surface area contributed by atoms with E-state index in [1.165, 1.54) is 19.3 Å². The van der Waals surface area contributed by atoms with Gasteiger partial charge in [-0.05, 0) is 40.5 Å². The largest absolute Gasteiger partial charge is 0.361 e. The number of carbonyl (C=O) groups excluding carboxylic acids is 1. The summed E-state index contributed by atoms with van der Waals surface area (Å²) in [6, 6.07) is 0.416. The molecule has 1 amide bonds. The molecule has 0 radical (unpaired) electrons. The summed E-state index contributed by atoms with van der Waals surface area (Å²) in [7, 11) is 0. The van der Waals surface area contributed by atoms with Gasteiger partial charge in [-0.3, -0.25) is 4.79 Å². The van der Waals surface area contributed by atoms with Gasteiger partial charge in [-0.25, -0.2) is 0 Å². The van der Waals surface area contributed by atoms with E-state index in [2.05, 4.69) is 21.8 Å². The Labute approximate surface area is 137 Å². The molecule has 2 atom stereocenters. The Morgan fingerprint density at radius 2 is 2.05 bits per heavy atom. The number of aryl methyl sites for hydroxylation is 2. The van der Waals surface area contributed by atoms with Crippen LogP contribution in [0.15, 0.2) is 4.52 Å². The molecule has 122 valence electrons. The van der Waals surface area contributed by atoms with Crippen molar-refractivity contribution in [2.75, 3.05) is 12.3 Å². The van der Waals surface area contributed by atoms with Crippen LogP contribution in [0, 0.1) is 13.8 Å². The van der Waals surface area contributed by atoms with Crippen LogP contribution in [0.5, 0.6) is 0 Å². The zero-order chi connectivity index (χ0) is 15.9. The molecule has 4 nitrogen and oxygen atoms in total. The molecular formula is C17H26N2O2S. The average molecular weight is 322 g/mol. The number of fused-ring (bicyclic) bond motifs is 1. The normalized spacial score (nSPS) is 25.9. The molecule has 1 saturated carbocycles. The minimum atomic E-state index is -0.571. The number of hydrogen-bond acceptors (Lipinski definition) is 4. The fourth-order valence-electron chi connectivity index (χ4n) is 4.19. The summed E-state index contributed by atoms with van der Waals surface area (Å²) in [6.07, 6.45) is 4.96. The molecule has 1 aromatic rings. The zero-order valence-corrected chi connectivity index (χ0v) is 14.8. The van der Waals surface area contributed by atoms with Gasteiger partial charge in [0.2, 0.25) is 5.91 Å². The number of rotatable bonds is 2. The van der Waals surface area contributed by atoms with Crippen LogP contribution in [0.4, 0.5) is 0 Å². The van der Waals surface area contributed by atoms with Gasteiger partial charge < -0.3 is 9.42 Å². The van der Waals surface area contributed by atoms with Gasteiger partial charge in [-0.2, -0.15) is 11.8 Å². The van der Waals surface area contributed by atoms with Crippen LogP contribution in [0.2, 0.25) is 0 Å². The van der Waals surface area contributed by atoms with Crippen molar-refractivity contribution in [1.82, 2.24) is 10.1 Å². The summed E-state index contributed by atoms with van der Waals surface area (Å²) < 4.78 is 5.30. The first kappa shape index (κ1) is 15.9. The van der Waals surface area contributed by atoms with E-state index in [0.717, 1.165) is 35.7 Å². The van der Waals surface area contributed by atoms with Crippen LogP contribution in [-0.2, 0) is 10.2 Å². The Hall–Kier alpha value is -0.970. The highest BCUT2D eigenvalue weighted by atomic mass is 32.2. The molecule has 0 aromatic carbocycles. The summed E-state index contributed by atoms with van der Waals surface area (Å²) in [5, 5.41) is 4.67. The Morgan fingerprint density at radius 3 is 2.73 bits per heavy atom. The quantitative estimate of drug-likeness (QED) is 0.836. The van der Waals surface area contributed by atoms with Crippen molar-refractivity contribution in [3.05, 3.63) is 17.0 Å². The molecule has 1 aliphatic carbocycles. The lowest BCUT2D eigenvalue weighted by atomic mass is 9.80. The maximum atomic E-state index is 13.3. The molecule has 0 N–H and O–H groups in total. The van der Waals surface area contributed by atoms with E-state index >= 15 is 0 Å². The third kappa shape index (κ3) is 2.57. The van der Waals surface area contributed by atoms with Crippen molar-refractivity contribution < 1.29 is 9.32 Å². The summed E-state index contributed by atoms with van der Waals surface area (Å²) in [5.74, 6) is 2.06. The van der Waals surface area contributed by atoms with Crippen LogP contribution >= 0.6 is 11.8 Å². The van der Waals surface area contributed by atoms with Gasteiger partial charge in [0.25, 0.3) is 0 Å². The Kier molecular flexibility index (Phi) is 4.27. The van der Waals surface area contributed by atoms with E-state index in [-0.39, 0.29) is 5.91 Å². The first-order valence-electron chi connectivity index (χ1n) is 8.29. The van der Waals surface area contributed by atoms with Gasteiger partial charge in [0.1, 0.15) is 5.76 Å². The van der Waals surface area contributed by atoms with Crippen molar-refractivity contribution >= 4 is 17.7 Å². The second-order valence-electron chi connectivity index (χ2n) is 7.08. The zero-order valence-electron chi connectivity index (χ0n) is 14.0. The molecule has 0 bridgehead atoms. The van der Waals surface area contributed by atoms with E-state index in [1.54, 1.807) is 0 Å². The molecule has 3 rings (SSSR count). The highest BCUT2D eigenvalue weighted by molar-refractivity contribution is 8.00. The molecule has 0 spiro atoms. The van der Waals surface area contributed by atoms with E-state index in [1.807, 2.05) is 27.7 Å². The molecule has 22 heavy (non-hydrogen) atoms. The minimum Gasteiger partial charge on any atom is -0.361 e. The monoisotopic (exact) mass is 322 g/mol. The fourth-order valence-corrected chi connectivity index (χ4v) is 5.63. The molecule has 2 heterocycles. The van der Waals surface area contributed by atoms with Gasteiger partial charge in [0, 0.05) is 29.2 Å². The van der Waals surface area contributed by atoms with Crippen LogP contribution in [0.25, 0.3) is 0 Å². The van der Waals surface area contributed by atoms with Crippen molar-refractivity contribution in [3.63, 3.8) is 0 Å². The molecule has 2 unspecified atom stereocenters. The molecule has 2 aliphatic rings. The molecule has 2 fully saturated rings. The standard InChI is InChI=1S/C17H26N2O2S/c1-11-15(12(2)21-18-11)17(3,4)16(20)19-9-10-22-14-8-6-5-7-13(14)19/h13-14H,5-10H2,1-4H3. The number of carbonyl (C=O) groups is 1. The first-order valence-corrected chi connectivity index (χ1v) is 9.34. The summed E-state index contributed by atoms with van der Waals surface area (Å²) >= 11 is 2.06. The first-order chi connectivity index (χ1) is 10.4. The Balaban J connectivity index is 1.88. The second-order valence-corrected chi connectivity index (χ2v) is 8.43. The van der Waals surface area contributed by atoms with E-state index in [9.17, 15) is 4.79 Å². The van der Waals surface area contributed by atoms with Crippen molar-refractivity contribution in [1.29, 1.82) is 0 Å². The molecule has 1 aromatic heterocycles. The third-order valence-corrected chi connectivity index (χ3v) is 6.58. The molecule has 1 saturated heterocycles. The Bertz CT molecular complexity index is 546. The summed E-state index contributed by atoms with van der Waals surface area (Å²) in [4.78, 5) is 15.5. The summed E-state index contributed by atoms with van der Waals surface area (Å²) in [6.45, 7) is 8.73. The topological polar surface area (TPSA) is 46.3 Å². The molecule has 1 aliphatic heterocycles. The minimum absolute atomic E-state index is 0.235. The predicted octanol–water partition coefficient (Wildman–Crippen LogP) is 3.46. The smallest absolute Gasteiger partial charge is 0.233 e. The van der Waals surface area contributed by atoms with Gasteiger partial charge in [0.15, 0.2) is 0 Å². The number of amides is 1. The van der Waals surface area contributed by atoms with Gasteiger partial charge in [-0.15, -0.1) is 0 Å². The fraction of sp³-hybridized carbons (Fsp3) is 0.765. The molecule has 5 heteroatoms. The van der Waals surface area contributed by atoms with Crippen LogP contribution in [-0.4, -0.2) is 39.6 Å². The van der Waals surface area contributed by atoms with E-state index in [4.69, 9.17) is 4.52 Å². The SMILES string of the molecule is Cc1noc(C)c1C(C)(C)C(=O)N1CCSC2CCCCC21. The average Bonchev–Trinajstić information content (AvgIpc) is 2.85. The van der Waals surface area contributed by atoms with E-state index in [0.29, 0.717) is 11.3 Å². The van der Waals surface area contributed by atoms with Gasteiger partial charge >= 0.3 is 0 Å². The van der Waals surface area contributed by atoms with Crippen molar-refractivity contribution in [2.45, 2.75) is 70.1 Å². The number of nitrogens with zero attached hydrogens (tertiary/aromatic N) is 2. The van der Waals surface area contributed by atoms with Gasteiger partial charge in [0.05, 0.1) is 11.1 Å². The third-order valence-electron chi connectivity index (χ3n) is 5.19. The van der Waals surface area contributed by atoms with E-state index < -0.39 is 5.41 Å². The molecular weight excluding hydrogens is 296 g/mol. The lowest BCUT2D eigenvalue weighted by molar-refractivity contribution is -0.139. The maximum Gasteiger partial charge on any atom is 0.233 e. The maximum absolute atomic E-state index is 13.3. The summed E-state index contributed by atoms with van der Waals surface area (Å²) in [5.41, 5.74) is 1.23. The van der Waals surface area contributed by atoms with Crippen LogP contribution < -0.4 is 0 Å². The van der Waals surface area contributed by atoms with Crippen LogP contribution in [0.3, 0.4) is 0 Å². The predicted molar refractivity (Wildman–Crippen MR) is 89.2 cm³/mol.